The van der Waals surface area contributed by atoms with E-state index in [1.54, 1.807) is 18.6 Å². The zero-order chi connectivity index (χ0) is 11.1. The second-order valence-electron chi connectivity index (χ2n) is 2.80. The summed E-state index contributed by atoms with van der Waals surface area (Å²) in [5.74, 6) is 0.162. The second kappa shape index (κ2) is 5.64. The summed E-state index contributed by atoms with van der Waals surface area (Å²) in [4.78, 5) is 20.4. The maximum Gasteiger partial charge on any atom is 0.208 e. The van der Waals surface area contributed by atoms with Crippen molar-refractivity contribution in [2.24, 2.45) is 0 Å². The van der Waals surface area contributed by atoms with Gasteiger partial charge < -0.3 is 15.7 Å². The molecule has 15 heavy (non-hydrogen) atoms. The van der Waals surface area contributed by atoms with Crippen LogP contribution < -0.4 is 10.6 Å². The van der Waals surface area contributed by atoms with Crippen LogP contribution in [0.15, 0.2) is 24.3 Å². The summed E-state index contributed by atoms with van der Waals surface area (Å²) in [5, 5.41) is 13.9. The Morgan fingerprint density at radius 3 is 2.07 bits per heavy atom. The number of benzene rings is 1. The molecule has 2 amide bonds. The lowest BCUT2D eigenvalue weighted by Gasteiger charge is -2.14. The van der Waals surface area contributed by atoms with Crippen LogP contribution in [0.5, 0.6) is 5.75 Å². The molecule has 1 aromatic rings. The van der Waals surface area contributed by atoms with Crippen LogP contribution in [0.4, 0.5) is 0 Å². The van der Waals surface area contributed by atoms with E-state index in [4.69, 9.17) is 5.11 Å². The lowest BCUT2D eigenvalue weighted by atomic mass is 10.1. The summed E-state index contributed by atoms with van der Waals surface area (Å²) in [6.45, 7) is 0. The summed E-state index contributed by atoms with van der Waals surface area (Å²) in [5.41, 5.74) is 0.779. The van der Waals surface area contributed by atoms with E-state index in [1.165, 1.54) is 12.1 Å². The molecule has 0 aliphatic carbocycles. The average molecular weight is 207 g/mol. The molecule has 1 radical (unpaired) electrons. The van der Waals surface area contributed by atoms with Gasteiger partial charge in [0.1, 0.15) is 11.9 Å². The highest BCUT2D eigenvalue weighted by molar-refractivity contribution is 5.52. The Labute approximate surface area is 87.1 Å². The van der Waals surface area contributed by atoms with Gasteiger partial charge in [-0.05, 0) is 17.7 Å². The lowest BCUT2D eigenvalue weighted by Crippen LogP contribution is -2.41. The van der Waals surface area contributed by atoms with Crippen molar-refractivity contribution in [3.05, 3.63) is 36.2 Å². The summed E-state index contributed by atoms with van der Waals surface area (Å²) < 4.78 is 0. The second-order valence-corrected chi connectivity index (χ2v) is 2.80. The number of hydrogen-bond acceptors (Lipinski definition) is 3. The highest BCUT2D eigenvalue weighted by Crippen LogP contribution is 2.11. The Morgan fingerprint density at radius 1 is 1.07 bits per heavy atom. The first kappa shape index (κ1) is 11.0. The van der Waals surface area contributed by atoms with Crippen LogP contribution in [0.2, 0.25) is 0 Å². The van der Waals surface area contributed by atoms with Crippen LogP contribution in [0.1, 0.15) is 5.56 Å². The van der Waals surface area contributed by atoms with Gasteiger partial charge in [0.05, 0.1) is 0 Å². The van der Waals surface area contributed by atoms with Gasteiger partial charge in [0.25, 0.3) is 0 Å². The standard InChI is InChI=1S/C10H11N2O3/c13-6-11-10(12-7-14)5-8-1-3-9(15)4-2-8/h1-7,10,15H,(H,11,13)(H,12,14). The van der Waals surface area contributed by atoms with E-state index in [0.717, 1.165) is 5.56 Å². The molecule has 0 saturated heterocycles. The Hall–Kier alpha value is -2.04. The van der Waals surface area contributed by atoms with Crippen LogP contribution in [0.25, 0.3) is 0 Å². The van der Waals surface area contributed by atoms with E-state index in [1.807, 2.05) is 0 Å². The summed E-state index contributed by atoms with van der Waals surface area (Å²) >= 11 is 0. The van der Waals surface area contributed by atoms with Gasteiger partial charge in [-0.1, -0.05) is 12.1 Å². The number of rotatable bonds is 6. The molecule has 0 bridgehead atoms. The molecule has 1 rings (SSSR count). The molecular formula is C10H11N2O3. The van der Waals surface area contributed by atoms with Gasteiger partial charge in [-0.15, -0.1) is 0 Å². The van der Waals surface area contributed by atoms with Crippen LogP contribution in [-0.4, -0.2) is 24.1 Å². The minimum absolute atomic E-state index is 0.162. The highest BCUT2D eigenvalue weighted by atomic mass is 16.3. The van der Waals surface area contributed by atoms with Gasteiger partial charge in [-0.25, -0.2) is 0 Å². The van der Waals surface area contributed by atoms with E-state index in [-0.39, 0.29) is 5.75 Å². The first-order chi connectivity index (χ1) is 7.26. The smallest absolute Gasteiger partial charge is 0.208 e. The third-order valence-electron chi connectivity index (χ3n) is 1.75. The van der Waals surface area contributed by atoms with Crippen molar-refractivity contribution in [3.63, 3.8) is 0 Å². The Morgan fingerprint density at radius 2 is 1.60 bits per heavy atom. The molecule has 0 saturated carbocycles. The molecule has 0 atom stereocenters. The van der Waals surface area contributed by atoms with Crippen molar-refractivity contribution in [3.8, 4) is 5.75 Å². The number of aromatic hydroxyl groups is 1. The molecule has 5 heteroatoms. The van der Waals surface area contributed by atoms with E-state index < -0.39 is 6.17 Å². The fourth-order valence-electron chi connectivity index (χ4n) is 1.07. The van der Waals surface area contributed by atoms with Gasteiger partial charge in [0.15, 0.2) is 0 Å². The van der Waals surface area contributed by atoms with Gasteiger partial charge in [-0.3, -0.25) is 9.59 Å². The minimum atomic E-state index is -0.551. The van der Waals surface area contributed by atoms with Crippen molar-refractivity contribution in [2.45, 2.75) is 6.17 Å². The van der Waals surface area contributed by atoms with Gasteiger partial charge in [0, 0.05) is 6.42 Å². The number of amides is 2. The van der Waals surface area contributed by atoms with Crippen molar-refractivity contribution in [1.29, 1.82) is 0 Å². The van der Waals surface area contributed by atoms with E-state index in [0.29, 0.717) is 12.8 Å². The Bertz CT molecular complexity index is 314. The quantitative estimate of drug-likeness (QED) is 0.445. The highest BCUT2D eigenvalue weighted by Gasteiger charge is 2.06. The number of phenolic OH excluding ortho intramolecular Hbond substituents is 1. The van der Waals surface area contributed by atoms with Crippen LogP contribution in [-0.2, 0) is 9.59 Å². The van der Waals surface area contributed by atoms with Gasteiger partial charge >= 0.3 is 0 Å². The van der Waals surface area contributed by atoms with Crippen molar-refractivity contribution < 1.29 is 14.7 Å². The first-order valence-electron chi connectivity index (χ1n) is 4.29. The van der Waals surface area contributed by atoms with Crippen LogP contribution >= 0.6 is 0 Å². The van der Waals surface area contributed by atoms with Gasteiger partial charge in [0.2, 0.25) is 12.8 Å². The molecule has 0 aliphatic rings. The minimum Gasteiger partial charge on any atom is -0.508 e. The monoisotopic (exact) mass is 207 g/mol. The third-order valence-corrected chi connectivity index (χ3v) is 1.75. The number of carbonyl (C=O) groups is 2. The number of phenols is 1. The summed E-state index contributed by atoms with van der Waals surface area (Å²) in [7, 11) is 0. The Balaban J connectivity index is 2.60. The molecular weight excluding hydrogens is 196 g/mol. The van der Waals surface area contributed by atoms with E-state index in [2.05, 4.69) is 10.6 Å². The zero-order valence-electron chi connectivity index (χ0n) is 7.88. The van der Waals surface area contributed by atoms with Crippen molar-refractivity contribution in [2.75, 3.05) is 0 Å². The molecule has 79 valence electrons. The summed E-state index contributed by atoms with van der Waals surface area (Å²) in [6, 6.07) is 6.37. The summed E-state index contributed by atoms with van der Waals surface area (Å²) in [6.07, 6.45) is 2.09. The van der Waals surface area contributed by atoms with Gasteiger partial charge in [-0.2, -0.15) is 0 Å². The molecule has 3 N–H and O–H groups in total. The fourth-order valence-corrected chi connectivity index (χ4v) is 1.07. The largest absolute Gasteiger partial charge is 0.508 e. The zero-order valence-corrected chi connectivity index (χ0v) is 7.88. The van der Waals surface area contributed by atoms with Crippen molar-refractivity contribution >= 4 is 12.8 Å². The average Bonchev–Trinajstić information content (AvgIpc) is 2.22. The molecule has 0 spiro atoms. The molecule has 0 aliphatic heterocycles. The molecule has 0 heterocycles. The molecule has 0 aromatic heterocycles. The lowest BCUT2D eigenvalue weighted by molar-refractivity contribution is -0.111. The number of nitrogens with one attached hydrogen (secondary N) is 2. The maximum absolute atomic E-state index is 10.2. The molecule has 0 fully saturated rings. The predicted octanol–water partition coefficient (Wildman–Crippen LogP) is -0.237. The molecule has 1 aromatic carbocycles. The first-order valence-corrected chi connectivity index (χ1v) is 4.29. The topological polar surface area (TPSA) is 78.4 Å². The third kappa shape index (κ3) is 3.68. The maximum atomic E-state index is 10.2. The molecule has 0 unspecified atom stereocenters. The number of hydrogen-bond donors (Lipinski definition) is 3. The van der Waals surface area contributed by atoms with Crippen LogP contribution in [0, 0.1) is 6.42 Å². The number of carbonyl (C=O) groups excluding carboxylic acids is 2. The van der Waals surface area contributed by atoms with E-state index >= 15 is 0 Å². The predicted molar refractivity (Wildman–Crippen MR) is 53.7 cm³/mol. The normalized spacial score (nSPS) is 9.67. The SMILES string of the molecule is O=CNC([CH]c1ccc(O)cc1)NC=O. The van der Waals surface area contributed by atoms with Crippen LogP contribution in [0.3, 0.4) is 0 Å². The van der Waals surface area contributed by atoms with Crippen molar-refractivity contribution in [1.82, 2.24) is 10.6 Å². The fraction of sp³-hybridized carbons (Fsp3) is 0.100. The molecule has 5 nitrogen and oxygen atoms in total. The van der Waals surface area contributed by atoms with E-state index in [9.17, 15) is 9.59 Å². The Kier molecular flexibility index (Phi) is 4.15.